The molecule has 3 aliphatic rings. The molecule has 1 amide bonds. The summed E-state index contributed by atoms with van der Waals surface area (Å²) in [6.45, 7) is 2.25. The summed E-state index contributed by atoms with van der Waals surface area (Å²) >= 11 is 0. The lowest BCUT2D eigenvalue weighted by Crippen LogP contribution is -2.44. The number of methoxy groups -OCH3 is 1. The van der Waals surface area contributed by atoms with Crippen LogP contribution in [0.1, 0.15) is 29.3 Å². The summed E-state index contributed by atoms with van der Waals surface area (Å²) in [6.07, 6.45) is 6.41. The van der Waals surface area contributed by atoms with E-state index in [-0.39, 0.29) is 23.7 Å². The third kappa shape index (κ3) is 5.77. The van der Waals surface area contributed by atoms with Crippen LogP contribution in [0.2, 0.25) is 0 Å². The molecule has 1 aliphatic carbocycles. The Morgan fingerprint density at radius 3 is 2.50 bits per heavy atom. The Kier molecular flexibility index (Phi) is 7.92. The number of ether oxygens (including phenoxy) is 2. The molecule has 0 spiro atoms. The number of likely N-dealkylation sites (tertiary alicyclic amines) is 1. The molecule has 0 radical (unpaired) electrons. The lowest BCUT2D eigenvalue weighted by Gasteiger charge is -2.25. The maximum atomic E-state index is 14.5. The van der Waals surface area contributed by atoms with Crippen LogP contribution in [-0.4, -0.2) is 62.1 Å². The number of nitrogens with one attached hydrogen (secondary N) is 1. The fourth-order valence-electron chi connectivity index (χ4n) is 6.37. The highest BCUT2D eigenvalue weighted by Gasteiger charge is 2.48. The molecule has 1 unspecified atom stereocenters. The topological polar surface area (TPSA) is 115 Å². The molecule has 12 heteroatoms. The summed E-state index contributed by atoms with van der Waals surface area (Å²) in [5.74, 6) is -2.68. The lowest BCUT2D eigenvalue weighted by molar-refractivity contribution is -0.149. The van der Waals surface area contributed by atoms with Crippen molar-refractivity contribution in [2.24, 2.45) is 0 Å². The quantitative estimate of drug-likeness (QED) is 0.257. The molecule has 48 heavy (non-hydrogen) atoms. The number of sulfonamides is 1. The molecule has 0 saturated carbocycles. The Balaban J connectivity index is 1.22. The molecular formula is C36H29F2N3O6S. The number of carbonyl (C=O) groups excluding carboxylic acids is 2. The highest BCUT2D eigenvalue weighted by Crippen LogP contribution is 2.34. The van der Waals surface area contributed by atoms with E-state index in [1.807, 2.05) is 49.4 Å². The van der Waals surface area contributed by atoms with E-state index >= 15 is 0 Å². The van der Waals surface area contributed by atoms with E-state index in [9.17, 15) is 26.8 Å². The van der Waals surface area contributed by atoms with Gasteiger partial charge in [-0.3, -0.25) is 14.5 Å². The largest absolute Gasteiger partial charge is 0.459 e. The van der Waals surface area contributed by atoms with Gasteiger partial charge in [0.25, 0.3) is 15.9 Å². The smallest absolute Gasteiger partial charge is 0.329 e. The second kappa shape index (κ2) is 12.1. The Morgan fingerprint density at radius 1 is 1.02 bits per heavy atom. The van der Waals surface area contributed by atoms with Crippen LogP contribution >= 0.6 is 0 Å². The zero-order valence-corrected chi connectivity index (χ0v) is 26.6. The summed E-state index contributed by atoms with van der Waals surface area (Å²) in [7, 11) is -3.02. The van der Waals surface area contributed by atoms with Gasteiger partial charge in [0.05, 0.1) is 17.8 Å². The first-order valence-corrected chi connectivity index (χ1v) is 16.6. The highest BCUT2D eigenvalue weighted by atomic mass is 32.2. The number of fused-ring (bicyclic) bond motifs is 3. The first-order valence-electron chi connectivity index (χ1n) is 15.1. The van der Waals surface area contributed by atoms with Gasteiger partial charge < -0.3 is 14.4 Å². The van der Waals surface area contributed by atoms with Crippen LogP contribution < -0.4 is 4.72 Å². The minimum Gasteiger partial charge on any atom is -0.459 e. The van der Waals surface area contributed by atoms with Crippen LogP contribution in [0.25, 0.3) is 27.6 Å². The predicted molar refractivity (Wildman–Crippen MR) is 174 cm³/mol. The first kappa shape index (κ1) is 31.4. The molecule has 2 aliphatic heterocycles. The molecule has 4 aromatic rings. The number of allylic oxidation sites excluding steroid dienone is 4. The number of aromatic nitrogens is 1. The Hall–Kier alpha value is -5.20. The third-order valence-corrected chi connectivity index (χ3v) is 10.1. The van der Waals surface area contributed by atoms with Gasteiger partial charge in [0.15, 0.2) is 0 Å². The number of amides is 1. The first-order chi connectivity index (χ1) is 23.0. The van der Waals surface area contributed by atoms with E-state index in [0.717, 1.165) is 45.3 Å². The molecule has 3 aromatic carbocycles. The zero-order chi connectivity index (χ0) is 33.7. The van der Waals surface area contributed by atoms with Crippen LogP contribution in [0.5, 0.6) is 0 Å². The summed E-state index contributed by atoms with van der Waals surface area (Å²) in [4.78, 5) is 30.6. The maximum absolute atomic E-state index is 14.5. The van der Waals surface area contributed by atoms with Crippen molar-refractivity contribution in [2.45, 2.75) is 36.5 Å². The number of pyridine rings is 1. The molecule has 1 aromatic heterocycles. The van der Waals surface area contributed by atoms with Gasteiger partial charge >= 0.3 is 5.97 Å². The normalized spacial score (nSPS) is 20.6. The molecule has 244 valence electrons. The van der Waals surface area contributed by atoms with Crippen molar-refractivity contribution in [3.63, 3.8) is 0 Å². The minimum absolute atomic E-state index is 0.135. The number of carbonyl (C=O) groups is 2. The van der Waals surface area contributed by atoms with Crippen molar-refractivity contribution < 1.29 is 36.3 Å². The fraction of sp³-hybridized carbons (Fsp3) is 0.194. The van der Waals surface area contributed by atoms with Crippen molar-refractivity contribution in [2.75, 3.05) is 13.7 Å². The van der Waals surface area contributed by atoms with Crippen molar-refractivity contribution in [1.82, 2.24) is 14.6 Å². The Morgan fingerprint density at radius 2 is 1.79 bits per heavy atom. The number of rotatable bonds is 7. The van der Waals surface area contributed by atoms with Gasteiger partial charge in [-0.25, -0.2) is 22.0 Å². The Labute approximate surface area is 275 Å². The fourth-order valence-corrected chi connectivity index (χ4v) is 7.53. The standard InChI is InChI=1S/C36H29F2N3O6S/c1-20-13-24(16-31(33(14-20)46-2)40-48(44,45)34-10-8-25(37)17-29(34)38)23-7-9-30-28(15-23)27(11-12-39-30)21-3-5-22(6-4-21)35(42)41-19-26-18-32(41)36(43)47-26/h3-17,26,32-33,40H,18-19H2,1-2H3/t26-,32-,33?/m0/s1. The third-order valence-electron chi connectivity index (χ3n) is 8.70. The molecule has 3 heterocycles. The SMILES string of the molecule is COC1C=C(C)C=C(c2ccc3nccc(-c4ccc(C(=O)N5C[C@@H]6C[C@H]5C(=O)O6)cc4)c3c2)C=C1NS(=O)(=O)c1ccc(F)cc1F. The molecule has 2 saturated heterocycles. The number of esters is 1. The molecule has 2 bridgehead atoms. The number of benzene rings is 3. The maximum Gasteiger partial charge on any atom is 0.329 e. The van der Waals surface area contributed by atoms with Gasteiger partial charge in [0, 0.05) is 36.7 Å². The van der Waals surface area contributed by atoms with Gasteiger partial charge in [-0.05, 0) is 83.8 Å². The monoisotopic (exact) mass is 669 g/mol. The lowest BCUT2D eigenvalue weighted by atomic mass is 9.96. The minimum atomic E-state index is -4.44. The van der Waals surface area contributed by atoms with Crippen LogP contribution in [0.15, 0.2) is 107 Å². The highest BCUT2D eigenvalue weighted by molar-refractivity contribution is 7.89. The molecule has 1 N–H and O–H groups in total. The van der Waals surface area contributed by atoms with E-state index in [1.54, 1.807) is 35.4 Å². The summed E-state index contributed by atoms with van der Waals surface area (Å²) in [5.41, 5.74) is 5.21. The second-order valence-electron chi connectivity index (χ2n) is 11.9. The number of hydrogen-bond acceptors (Lipinski definition) is 7. The number of nitrogens with zero attached hydrogens (tertiary/aromatic N) is 2. The van der Waals surface area contributed by atoms with E-state index in [0.29, 0.717) is 30.2 Å². The van der Waals surface area contributed by atoms with Crippen LogP contribution in [0, 0.1) is 11.6 Å². The van der Waals surface area contributed by atoms with Crippen LogP contribution in [0.3, 0.4) is 0 Å². The van der Waals surface area contributed by atoms with Gasteiger partial charge in [0.1, 0.15) is 34.8 Å². The zero-order valence-electron chi connectivity index (χ0n) is 25.8. The number of halogens is 2. The van der Waals surface area contributed by atoms with Gasteiger partial charge in [0.2, 0.25) is 0 Å². The second-order valence-corrected chi connectivity index (χ2v) is 13.5. The molecular weight excluding hydrogens is 640 g/mol. The van der Waals surface area contributed by atoms with Crippen molar-refractivity contribution in [1.29, 1.82) is 0 Å². The molecule has 7 rings (SSSR count). The average molecular weight is 670 g/mol. The van der Waals surface area contributed by atoms with Gasteiger partial charge in [-0.15, -0.1) is 0 Å². The van der Waals surface area contributed by atoms with Crippen LogP contribution in [0.4, 0.5) is 8.78 Å². The Bertz CT molecular complexity index is 2200. The molecule has 3 atom stereocenters. The molecule has 9 nitrogen and oxygen atoms in total. The van der Waals surface area contributed by atoms with E-state index < -0.39 is 38.7 Å². The van der Waals surface area contributed by atoms with E-state index in [2.05, 4.69) is 9.71 Å². The van der Waals surface area contributed by atoms with Gasteiger partial charge in [-0.2, -0.15) is 0 Å². The van der Waals surface area contributed by atoms with E-state index in [4.69, 9.17) is 9.47 Å². The van der Waals surface area contributed by atoms with Crippen LogP contribution in [-0.2, 0) is 24.3 Å². The predicted octanol–water partition coefficient (Wildman–Crippen LogP) is 5.54. The number of hydrogen-bond donors (Lipinski definition) is 1. The summed E-state index contributed by atoms with van der Waals surface area (Å²) in [6, 6.07) is 16.4. The summed E-state index contributed by atoms with van der Waals surface area (Å²) < 4.78 is 67.7. The van der Waals surface area contributed by atoms with Crippen molar-refractivity contribution in [3.05, 3.63) is 125 Å². The van der Waals surface area contributed by atoms with Crippen molar-refractivity contribution in [3.8, 4) is 11.1 Å². The van der Waals surface area contributed by atoms with E-state index in [1.165, 1.54) is 7.11 Å². The number of morpholine rings is 1. The molecule has 2 fully saturated rings. The average Bonchev–Trinajstić information content (AvgIpc) is 3.61. The van der Waals surface area contributed by atoms with Gasteiger partial charge in [-0.1, -0.05) is 29.8 Å². The summed E-state index contributed by atoms with van der Waals surface area (Å²) in [5, 5.41) is 0.813. The van der Waals surface area contributed by atoms with Crippen molar-refractivity contribution >= 4 is 38.4 Å².